The zero-order chi connectivity index (χ0) is 16.4. The van der Waals surface area contributed by atoms with Crippen molar-refractivity contribution in [2.45, 2.75) is 17.7 Å². The van der Waals surface area contributed by atoms with Gasteiger partial charge >= 0.3 is 10.1 Å². The fraction of sp³-hybridized carbons (Fsp3) is 0.188. The van der Waals surface area contributed by atoms with E-state index in [9.17, 15) is 17.6 Å². The normalized spacial score (nSPS) is 15.0. The standard InChI is InChI=1S/C16H14FNO4S/c17-14-4-1-2-5-15(14)22-23(20,21)13-9-7-12(8-10-13)18-11-3-6-16(18)19/h1-2,4-5,7-10H,3,6,11H2. The number of carbonyl (C=O) groups is 1. The van der Waals surface area contributed by atoms with Crippen LogP contribution in [0.25, 0.3) is 0 Å². The van der Waals surface area contributed by atoms with Crippen molar-refractivity contribution in [3.63, 3.8) is 0 Å². The highest BCUT2D eigenvalue weighted by Gasteiger charge is 2.23. The summed E-state index contributed by atoms with van der Waals surface area (Å²) in [4.78, 5) is 13.2. The monoisotopic (exact) mass is 335 g/mol. The summed E-state index contributed by atoms with van der Waals surface area (Å²) in [6.45, 7) is 0.622. The first kappa shape index (κ1) is 15.5. The van der Waals surface area contributed by atoms with E-state index in [2.05, 4.69) is 0 Å². The zero-order valence-corrected chi connectivity index (χ0v) is 12.9. The molecule has 23 heavy (non-hydrogen) atoms. The molecular formula is C16H14FNO4S. The first-order valence-corrected chi connectivity index (χ1v) is 8.48. The van der Waals surface area contributed by atoms with Crippen molar-refractivity contribution in [3.8, 4) is 5.75 Å². The Morgan fingerprint density at radius 3 is 2.35 bits per heavy atom. The summed E-state index contributed by atoms with van der Waals surface area (Å²) in [5.74, 6) is -1.09. The molecule has 1 fully saturated rings. The molecule has 1 amide bonds. The Labute approximate surface area is 133 Å². The number of nitrogens with zero attached hydrogens (tertiary/aromatic N) is 1. The second kappa shape index (κ2) is 6.00. The minimum absolute atomic E-state index is 0.0169. The van der Waals surface area contributed by atoms with Gasteiger partial charge in [0, 0.05) is 18.7 Å². The minimum atomic E-state index is -4.13. The molecule has 0 unspecified atom stereocenters. The largest absolute Gasteiger partial charge is 0.376 e. The number of hydrogen-bond acceptors (Lipinski definition) is 4. The van der Waals surface area contributed by atoms with Crippen LogP contribution in [-0.2, 0) is 14.9 Å². The summed E-state index contributed by atoms with van der Waals surface area (Å²) < 4.78 is 42.7. The van der Waals surface area contributed by atoms with Crippen LogP contribution in [0, 0.1) is 5.82 Å². The van der Waals surface area contributed by atoms with Gasteiger partial charge in [-0.05, 0) is 42.8 Å². The maximum Gasteiger partial charge on any atom is 0.339 e. The van der Waals surface area contributed by atoms with Crippen LogP contribution in [0.2, 0.25) is 0 Å². The lowest BCUT2D eigenvalue weighted by Crippen LogP contribution is -2.23. The highest BCUT2D eigenvalue weighted by Crippen LogP contribution is 2.25. The molecule has 0 N–H and O–H groups in total. The lowest BCUT2D eigenvalue weighted by atomic mass is 10.3. The van der Waals surface area contributed by atoms with E-state index < -0.39 is 15.9 Å². The highest BCUT2D eigenvalue weighted by molar-refractivity contribution is 7.87. The van der Waals surface area contributed by atoms with E-state index in [1.807, 2.05) is 0 Å². The Balaban J connectivity index is 1.83. The van der Waals surface area contributed by atoms with E-state index in [0.717, 1.165) is 12.5 Å². The summed E-state index contributed by atoms with van der Waals surface area (Å²) in [6.07, 6.45) is 1.28. The Hall–Kier alpha value is -2.41. The summed E-state index contributed by atoms with van der Waals surface area (Å²) >= 11 is 0. The van der Waals surface area contributed by atoms with Crippen molar-refractivity contribution in [1.29, 1.82) is 0 Å². The van der Waals surface area contributed by atoms with Crippen molar-refractivity contribution in [3.05, 3.63) is 54.3 Å². The molecule has 1 aliphatic rings. The maximum absolute atomic E-state index is 13.5. The third-order valence-electron chi connectivity index (χ3n) is 3.55. The molecule has 0 aliphatic carbocycles. The van der Waals surface area contributed by atoms with E-state index in [0.29, 0.717) is 18.7 Å². The van der Waals surface area contributed by atoms with Crippen LogP contribution in [0.4, 0.5) is 10.1 Å². The average molecular weight is 335 g/mol. The van der Waals surface area contributed by atoms with Gasteiger partial charge < -0.3 is 9.08 Å². The van der Waals surface area contributed by atoms with Gasteiger partial charge in [-0.15, -0.1) is 0 Å². The summed E-state index contributed by atoms with van der Waals surface area (Å²) in [5.41, 5.74) is 0.636. The number of carbonyl (C=O) groups excluding carboxylic acids is 1. The number of anilines is 1. The van der Waals surface area contributed by atoms with Crippen LogP contribution in [0.3, 0.4) is 0 Å². The summed E-state index contributed by atoms with van der Waals surface area (Å²) in [5, 5.41) is 0. The second-order valence-electron chi connectivity index (χ2n) is 5.11. The molecule has 7 heteroatoms. The molecule has 1 aliphatic heterocycles. The van der Waals surface area contributed by atoms with Crippen LogP contribution in [0.5, 0.6) is 5.75 Å². The van der Waals surface area contributed by atoms with Crippen LogP contribution in [0.1, 0.15) is 12.8 Å². The van der Waals surface area contributed by atoms with Gasteiger partial charge in [-0.3, -0.25) is 4.79 Å². The number of hydrogen-bond donors (Lipinski definition) is 0. The maximum atomic E-state index is 13.5. The number of amides is 1. The van der Waals surface area contributed by atoms with Crippen molar-refractivity contribution >= 4 is 21.7 Å². The Morgan fingerprint density at radius 2 is 1.74 bits per heavy atom. The van der Waals surface area contributed by atoms with Crippen LogP contribution >= 0.6 is 0 Å². The van der Waals surface area contributed by atoms with Gasteiger partial charge in [-0.2, -0.15) is 8.42 Å². The van der Waals surface area contributed by atoms with Gasteiger partial charge in [0.25, 0.3) is 0 Å². The lowest BCUT2D eigenvalue weighted by Gasteiger charge is -2.16. The lowest BCUT2D eigenvalue weighted by molar-refractivity contribution is -0.117. The molecule has 0 spiro atoms. The fourth-order valence-corrected chi connectivity index (χ4v) is 3.33. The molecule has 1 saturated heterocycles. The molecule has 5 nitrogen and oxygen atoms in total. The number of para-hydroxylation sites is 1. The third-order valence-corrected chi connectivity index (χ3v) is 4.80. The molecule has 0 aromatic heterocycles. The summed E-state index contributed by atoms with van der Waals surface area (Å²) in [6, 6.07) is 11.1. The Kier molecular flexibility index (Phi) is 4.04. The second-order valence-corrected chi connectivity index (χ2v) is 6.66. The van der Waals surface area contributed by atoms with Crippen LogP contribution in [-0.4, -0.2) is 20.9 Å². The van der Waals surface area contributed by atoms with E-state index in [1.165, 1.54) is 30.3 Å². The van der Waals surface area contributed by atoms with E-state index in [-0.39, 0.29) is 16.6 Å². The van der Waals surface area contributed by atoms with Gasteiger partial charge in [0.15, 0.2) is 11.6 Å². The van der Waals surface area contributed by atoms with Crippen LogP contribution < -0.4 is 9.08 Å². The van der Waals surface area contributed by atoms with Gasteiger partial charge in [0.2, 0.25) is 5.91 Å². The Morgan fingerprint density at radius 1 is 1.04 bits per heavy atom. The van der Waals surface area contributed by atoms with Crippen LogP contribution in [0.15, 0.2) is 53.4 Å². The van der Waals surface area contributed by atoms with E-state index in [4.69, 9.17) is 4.18 Å². The number of halogens is 1. The number of benzene rings is 2. The number of rotatable bonds is 4. The van der Waals surface area contributed by atoms with Gasteiger partial charge in [0.1, 0.15) is 4.90 Å². The fourth-order valence-electron chi connectivity index (χ4n) is 2.39. The third kappa shape index (κ3) is 3.19. The minimum Gasteiger partial charge on any atom is -0.376 e. The molecule has 0 bridgehead atoms. The topological polar surface area (TPSA) is 63.7 Å². The predicted molar refractivity (Wildman–Crippen MR) is 82.2 cm³/mol. The van der Waals surface area contributed by atoms with Crippen molar-refractivity contribution in [2.24, 2.45) is 0 Å². The van der Waals surface area contributed by atoms with E-state index >= 15 is 0 Å². The molecule has 0 atom stereocenters. The molecule has 0 radical (unpaired) electrons. The molecule has 0 saturated carbocycles. The Bertz CT molecular complexity index is 833. The predicted octanol–water partition coefficient (Wildman–Crippen LogP) is 2.72. The molecule has 2 aromatic rings. The first-order chi connectivity index (χ1) is 11.0. The first-order valence-electron chi connectivity index (χ1n) is 7.07. The van der Waals surface area contributed by atoms with Crippen molar-refractivity contribution < 1.29 is 21.8 Å². The zero-order valence-electron chi connectivity index (χ0n) is 12.1. The molecule has 2 aromatic carbocycles. The molecule has 3 rings (SSSR count). The van der Waals surface area contributed by atoms with Crippen molar-refractivity contribution in [1.82, 2.24) is 0 Å². The van der Waals surface area contributed by atoms with Crippen molar-refractivity contribution in [2.75, 3.05) is 11.4 Å². The smallest absolute Gasteiger partial charge is 0.339 e. The molecular weight excluding hydrogens is 321 g/mol. The van der Waals surface area contributed by atoms with Gasteiger partial charge in [-0.1, -0.05) is 12.1 Å². The quantitative estimate of drug-likeness (QED) is 0.806. The van der Waals surface area contributed by atoms with Gasteiger partial charge in [-0.25, -0.2) is 4.39 Å². The average Bonchev–Trinajstić information content (AvgIpc) is 2.96. The summed E-state index contributed by atoms with van der Waals surface area (Å²) in [7, 11) is -4.13. The van der Waals surface area contributed by atoms with Gasteiger partial charge in [0.05, 0.1) is 0 Å². The molecule has 1 heterocycles. The van der Waals surface area contributed by atoms with E-state index in [1.54, 1.807) is 17.0 Å². The molecule has 120 valence electrons. The SMILES string of the molecule is O=C1CCCN1c1ccc(S(=O)(=O)Oc2ccccc2F)cc1. The highest BCUT2D eigenvalue weighted by atomic mass is 32.2.